The zero-order chi connectivity index (χ0) is 27.7. The molecule has 5 aromatic rings. The molecule has 39 heavy (non-hydrogen) atoms. The zero-order valence-electron chi connectivity index (χ0n) is 22.8. The predicted molar refractivity (Wildman–Crippen MR) is 158 cm³/mol. The van der Waals surface area contributed by atoms with E-state index < -0.39 is 5.97 Å². The number of thioether (sulfide) groups is 1. The molecule has 0 atom stereocenters. The van der Waals surface area contributed by atoms with Crippen LogP contribution >= 0.6 is 23.1 Å². The summed E-state index contributed by atoms with van der Waals surface area (Å²) in [6.07, 6.45) is 0. The number of esters is 1. The fourth-order valence-electron chi connectivity index (χ4n) is 4.50. The summed E-state index contributed by atoms with van der Waals surface area (Å²) in [7, 11) is 2.97. The number of benzene rings is 2. The first kappa shape index (κ1) is 26.9. The lowest BCUT2D eigenvalue weighted by Crippen LogP contribution is -2.06. The first-order chi connectivity index (χ1) is 18.8. The Kier molecular flexibility index (Phi) is 7.72. The minimum absolute atomic E-state index is 0.126. The molecule has 0 fully saturated rings. The molecule has 0 aliphatic heterocycles. The average molecular weight is 559 g/mol. The standard InChI is InChI=1S/C30H30N4O3S2/c1-17(2)34-28(32-33-30(34)39-16-21-10-9-20(29(35)37-6)14-26(21)36-5)23-15-25(27-8-7-11-38-27)31-24-13-19(4)18(3)12-22(23)24/h7-15,17H,16H2,1-6H3. The van der Waals surface area contributed by atoms with Gasteiger partial charge in [0.05, 0.1) is 35.9 Å². The number of fused-ring (bicyclic) bond motifs is 1. The van der Waals surface area contributed by atoms with Gasteiger partial charge in [-0.15, -0.1) is 21.5 Å². The third-order valence-corrected chi connectivity index (χ3v) is 8.57. The second-order valence-electron chi connectivity index (χ2n) is 9.56. The van der Waals surface area contributed by atoms with Crippen molar-refractivity contribution in [2.45, 2.75) is 44.6 Å². The van der Waals surface area contributed by atoms with Crippen molar-refractivity contribution in [3.8, 4) is 27.7 Å². The van der Waals surface area contributed by atoms with Gasteiger partial charge in [0.2, 0.25) is 0 Å². The van der Waals surface area contributed by atoms with Crippen LogP contribution in [0.25, 0.3) is 32.9 Å². The van der Waals surface area contributed by atoms with Crippen LogP contribution in [0.15, 0.2) is 59.1 Å². The molecule has 0 spiro atoms. The van der Waals surface area contributed by atoms with E-state index in [0.29, 0.717) is 17.1 Å². The summed E-state index contributed by atoms with van der Waals surface area (Å²) < 4.78 is 12.6. The van der Waals surface area contributed by atoms with Crippen molar-refractivity contribution in [2.75, 3.05) is 14.2 Å². The Morgan fingerprint density at radius 3 is 2.54 bits per heavy atom. The zero-order valence-corrected chi connectivity index (χ0v) is 24.4. The maximum atomic E-state index is 12.0. The third-order valence-electron chi connectivity index (χ3n) is 6.68. The van der Waals surface area contributed by atoms with Crippen LogP contribution in [0, 0.1) is 13.8 Å². The average Bonchev–Trinajstić information content (AvgIpc) is 3.62. The smallest absolute Gasteiger partial charge is 0.337 e. The molecule has 9 heteroatoms. The molecule has 3 heterocycles. The molecule has 5 rings (SSSR count). The Morgan fingerprint density at radius 1 is 1.05 bits per heavy atom. The van der Waals surface area contributed by atoms with Gasteiger partial charge in [0.25, 0.3) is 0 Å². The highest BCUT2D eigenvalue weighted by molar-refractivity contribution is 7.98. The topological polar surface area (TPSA) is 79.1 Å². The van der Waals surface area contributed by atoms with Crippen LogP contribution in [0.3, 0.4) is 0 Å². The lowest BCUT2D eigenvalue weighted by molar-refractivity contribution is 0.0600. The fourth-order valence-corrected chi connectivity index (χ4v) is 6.24. The number of carbonyl (C=O) groups is 1. The summed E-state index contributed by atoms with van der Waals surface area (Å²) in [6.45, 7) is 8.52. The number of nitrogens with zero attached hydrogens (tertiary/aromatic N) is 4. The van der Waals surface area contributed by atoms with E-state index in [4.69, 9.17) is 19.6 Å². The second kappa shape index (κ2) is 11.2. The highest BCUT2D eigenvalue weighted by atomic mass is 32.2. The molecule has 3 aromatic heterocycles. The van der Waals surface area contributed by atoms with Gasteiger partial charge in [-0.05, 0) is 80.6 Å². The molecular formula is C30H30N4O3S2. The summed E-state index contributed by atoms with van der Waals surface area (Å²) in [5.74, 6) is 1.65. The van der Waals surface area contributed by atoms with E-state index in [-0.39, 0.29) is 6.04 Å². The number of rotatable bonds is 8. The molecule has 0 bridgehead atoms. The van der Waals surface area contributed by atoms with Gasteiger partial charge in [0.15, 0.2) is 11.0 Å². The number of pyridine rings is 1. The molecule has 0 unspecified atom stereocenters. The molecule has 0 N–H and O–H groups in total. The Labute approximate surface area is 236 Å². The van der Waals surface area contributed by atoms with Crippen LogP contribution in [0.5, 0.6) is 5.75 Å². The first-order valence-corrected chi connectivity index (χ1v) is 14.5. The molecule has 0 saturated heterocycles. The van der Waals surface area contributed by atoms with Crippen LogP contribution in [0.1, 0.15) is 46.9 Å². The highest BCUT2D eigenvalue weighted by Crippen LogP contribution is 2.37. The number of methoxy groups -OCH3 is 2. The van der Waals surface area contributed by atoms with Crippen molar-refractivity contribution >= 4 is 40.0 Å². The molecular weight excluding hydrogens is 528 g/mol. The van der Waals surface area contributed by atoms with E-state index in [1.807, 2.05) is 12.1 Å². The number of aryl methyl sites for hydroxylation is 2. The molecule has 200 valence electrons. The lowest BCUT2D eigenvalue weighted by Gasteiger charge is -2.16. The van der Waals surface area contributed by atoms with E-state index >= 15 is 0 Å². The summed E-state index contributed by atoms with van der Waals surface area (Å²) in [6, 6.07) is 16.1. The van der Waals surface area contributed by atoms with Crippen molar-refractivity contribution < 1.29 is 14.3 Å². The second-order valence-corrected chi connectivity index (χ2v) is 11.5. The molecule has 0 aliphatic rings. The number of hydrogen-bond acceptors (Lipinski definition) is 8. The maximum Gasteiger partial charge on any atom is 0.337 e. The van der Waals surface area contributed by atoms with Gasteiger partial charge in [-0.1, -0.05) is 23.9 Å². The van der Waals surface area contributed by atoms with Gasteiger partial charge in [-0.2, -0.15) is 0 Å². The van der Waals surface area contributed by atoms with Crippen molar-refractivity contribution in [3.63, 3.8) is 0 Å². The van der Waals surface area contributed by atoms with Gasteiger partial charge < -0.3 is 9.47 Å². The van der Waals surface area contributed by atoms with Crippen LogP contribution in [-0.2, 0) is 10.5 Å². The van der Waals surface area contributed by atoms with E-state index in [9.17, 15) is 4.79 Å². The van der Waals surface area contributed by atoms with Crippen molar-refractivity contribution in [3.05, 3.63) is 76.2 Å². The van der Waals surface area contributed by atoms with E-state index in [1.54, 1.807) is 42.3 Å². The van der Waals surface area contributed by atoms with Gasteiger partial charge in [0, 0.05) is 28.3 Å². The van der Waals surface area contributed by atoms with Gasteiger partial charge >= 0.3 is 5.97 Å². The quantitative estimate of drug-likeness (QED) is 0.144. The highest BCUT2D eigenvalue weighted by Gasteiger charge is 2.21. The summed E-state index contributed by atoms with van der Waals surface area (Å²) >= 11 is 3.26. The largest absolute Gasteiger partial charge is 0.496 e. The number of aromatic nitrogens is 4. The fraction of sp³-hybridized carbons (Fsp3) is 0.267. The van der Waals surface area contributed by atoms with Gasteiger partial charge in [-0.3, -0.25) is 4.57 Å². The summed E-state index contributed by atoms with van der Waals surface area (Å²) in [5.41, 5.74) is 6.71. The number of ether oxygens (including phenoxy) is 2. The lowest BCUT2D eigenvalue weighted by atomic mass is 10.0. The molecule has 7 nitrogen and oxygen atoms in total. The Hall–Kier alpha value is -3.69. The molecule has 0 radical (unpaired) electrons. The van der Waals surface area contributed by atoms with Gasteiger partial charge in [0.1, 0.15) is 5.75 Å². The maximum absolute atomic E-state index is 12.0. The Bertz CT molecular complexity index is 1660. The molecule has 2 aromatic carbocycles. The van der Waals surface area contributed by atoms with Crippen molar-refractivity contribution in [1.82, 2.24) is 19.7 Å². The van der Waals surface area contributed by atoms with Crippen LogP contribution in [0.2, 0.25) is 0 Å². The van der Waals surface area contributed by atoms with Crippen LogP contribution < -0.4 is 4.74 Å². The summed E-state index contributed by atoms with van der Waals surface area (Å²) in [5, 5.41) is 13.3. The predicted octanol–water partition coefficient (Wildman–Crippen LogP) is 7.51. The Morgan fingerprint density at radius 2 is 1.85 bits per heavy atom. The molecule has 0 saturated carbocycles. The van der Waals surface area contributed by atoms with E-state index in [1.165, 1.54) is 18.2 Å². The Balaban J connectivity index is 1.57. The minimum Gasteiger partial charge on any atom is -0.496 e. The number of thiophene rings is 1. The molecule has 0 amide bonds. The van der Waals surface area contributed by atoms with E-state index in [0.717, 1.165) is 43.6 Å². The summed E-state index contributed by atoms with van der Waals surface area (Å²) in [4.78, 5) is 18.1. The number of carbonyl (C=O) groups excluding carboxylic acids is 1. The third kappa shape index (κ3) is 5.29. The molecule has 0 aliphatic carbocycles. The van der Waals surface area contributed by atoms with Crippen molar-refractivity contribution in [1.29, 1.82) is 0 Å². The van der Waals surface area contributed by atoms with Gasteiger partial charge in [-0.25, -0.2) is 9.78 Å². The van der Waals surface area contributed by atoms with Crippen LogP contribution in [-0.4, -0.2) is 39.9 Å². The van der Waals surface area contributed by atoms with Crippen molar-refractivity contribution in [2.24, 2.45) is 0 Å². The SMILES string of the molecule is COC(=O)c1ccc(CSc2nnc(-c3cc(-c4cccs4)nc4cc(C)c(C)cc34)n2C(C)C)c(OC)c1. The number of hydrogen-bond donors (Lipinski definition) is 0. The normalized spacial score (nSPS) is 11.4. The monoisotopic (exact) mass is 558 g/mol. The first-order valence-electron chi connectivity index (χ1n) is 12.6. The minimum atomic E-state index is -0.395. The van der Waals surface area contributed by atoms with Crippen LogP contribution in [0.4, 0.5) is 0 Å². The van der Waals surface area contributed by atoms with E-state index in [2.05, 4.69) is 67.0 Å².